The van der Waals surface area contributed by atoms with Crippen molar-refractivity contribution in [2.45, 2.75) is 12.0 Å². The zero-order chi connectivity index (χ0) is 19.8. The predicted octanol–water partition coefficient (Wildman–Crippen LogP) is 4.23. The number of carbonyl (C=O) groups excluding carboxylic acids is 1. The molecule has 1 saturated heterocycles. The molecule has 3 aromatic rings. The number of amides is 1. The summed E-state index contributed by atoms with van der Waals surface area (Å²) in [7, 11) is 0. The molecule has 2 N–H and O–H groups in total. The first kappa shape index (κ1) is 17.8. The summed E-state index contributed by atoms with van der Waals surface area (Å²) in [5.41, 5.74) is 6.54. The largest absolute Gasteiger partial charge is 0.448 e. The van der Waals surface area contributed by atoms with Gasteiger partial charge in [-0.05, 0) is 46.5 Å². The van der Waals surface area contributed by atoms with Crippen molar-refractivity contribution in [3.8, 4) is 11.1 Å². The highest BCUT2D eigenvalue weighted by Crippen LogP contribution is 2.44. The predicted molar refractivity (Wildman–Crippen MR) is 113 cm³/mol. The molecule has 0 saturated carbocycles. The average molecular weight is 386 g/mol. The highest BCUT2D eigenvalue weighted by atomic mass is 16.5. The molecule has 3 aromatic carbocycles. The number of anilines is 2. The standard InChI is InChI=1S/C24H22N2O3/c27-18-13-26(14-18)17-11-9-16(10-12-17)25-24(28)29-15-23-21-7-3-1-5-19(21)20-6-2-4-8-22(20)23/h1-12,18,23,27H,13-15H2,(H,25,28). The van der Waals surface area contributed by atoms with E-state index in [0.717, 1.165) is 5.69 Å². The van der Waals surface area contributed by atoms with Crippen LogP contribution in [0.3, 0.4) is 0 Å². The van der Waals surface area contributed by atoms with E-state index in [4.69, 9.17) is 4.74 Å². The van der Waals surface area contributed by atoms with Crippen molar-refractivity contribution < 1.29 is 14.6 Å². The molecule has 1 aliphatic heterocycles. The van der Waals surface area contributed by atoms with Gasteiger partial charge in [0.25, 0.3) is 0 Å². The number of ether oxygens (including phenoxy) is 1. The topological polar surface area (TPSA) is 61.8 Å². The fraction of sp³-hybridized carbons (Fsp3) is 0.208. The molecule has 1 heterocycles. The lowest BCUT2D eigenvalue weighted by atomic mass is 9.98. The maximum absolute atomic E-state index is 12.3. The van der Waals surface area contributed by atoms with Gasteiger partial charge < -0.3 is 14.7 Å². The summed E-state index contributed by atoms with van der Waals surface area (Å²) in [6.07, 6.45) is -0.701. The smallest absolute Gasteiger partial charge is 0.411 e. The molecule has 0 unspecified atom stereocenters. The van der Waals surface area contributed by atoms with Crippen LogP contribution in [-0.4, -0.2) is 37.0 Å². The number of aliphatic hydroxyl groups is 1. The van der Waals surface area contributed by atoms with E-state index in [0.29, 0.717) is 25.4 Å². The third kappa shape index (κ3) is 3.34. The van der Waals surface area contributed by atoms with Crippen LogP contribution >= 0.6 is 0 Å². The third-order valence-corrected chi connectivity index (χ3v) is 5.68. The quantitative estimate of drug-likeness (QED) is 0.705. The number of nitrogens with one attached hydrogen (secondary N) is 1. The molecule has 0 aromatic heterocycles. The number of benzene rings is 3. The third-order valence-electron chi connectivity index (χ3n) is 5.68. The van der Waals surface area contributed by atoms with Gasteiger partial charge in [-0.1, -0.05) is 48.5 Å². The minimum atomic E-state index is -0.459. The van der Waals surface area contributed by atoms with Gasteiger partial charge in [-0.3, -0.25) is 5.32 Å². The SMILES string of the molecule is O=C(Nc1ccc(N2CC(O)C2)cc1)OCC1c2ccccc2-c2ccccc21. The summed E-state index contributed by atoms with van der Waals surface area (Å²) < 4.78 is 5.57. The molecule has 5 heteroatoms. The number of carbonyl (C=O) groups is 1. The Balaban J connectivity index is 1.23. The Morgan fingerprint density at radius 3 is 2.10 bits per heavy atom. The summed E-state index contributed by atoms with van der Waals surface area (Å²) in [6, 6.07) is 24.1. The average Bonchev–Trinajstić information content (AvgIpc) is 3.05. The van der Waals surface area contributed by atoms with E-state index in [2.05, 4.69) is 34.5 Å². The molecule has 0 bridgehead atoms. The maximum Gasteiger partial charge on any atom is 0.411 e. The first-order valence-corrected chi connectivity index (χ1v) is 9.84. The molecular formula is C24H22N2O3. The van der Waals surface area contributed by atoms with E-state index in [1.54, 1.807) is 0 Å². The molecule has 0 atom stereocenters. The van der Waals surface area contributed by atoms with E-state index in [9.17, 15) is 9.90 Å². The van der Waals surface area contributed by atoms with E-state index in [-0.39, 0.29) is 12.0 Å². The van der Waals surface area contributed by atoms with Gasteiger partial charge in [-0.2, -0.15) is 0 Å². The van der Waals surface area contributed by atoms with Crippen LogP contribution in [0.25, 0.3) is 11.1 Å². The van der Waals surface area contributed by atoms with Crippen LogP contribution in [0.5, 0.6) is 0 Å². The maximum atomic E-state index is 12.3. The molecule has 29 heavy (non-hydrogen) atoms. The van der Waals surface area contributed by atoms with E-state index in [1.165, 1.54) is 22.3 Å². The van der Waals surface area contributed by atoms with Crippen LogP contribution in [0.1, 0.15) is 17.0 Å². The molecule has 1 aliphatic carbocycles. The Bertz CT molecular complexity index is 997. The van der Waals surface area contributed by atoms with E-state index in [1.807, 2.05) is 48.5 Å². The van der Waals surface area contributed by atoms with Gasteiger partial charge in [0, 0.05) is 30.4 Å². The summed E-state index contributed by atoms with van der Waals surface area (Å²) in [4.78, 5) is 14.4. The molecule has 5 nitrogen and oxygen atoms in total. The molecule has 5 rings (SSSR count). The van der Waals surface area contributed by atoms with Crippen LogP contribution in [0, 0.1) is 0 Å². The molecule has 0 spiro atoms. The van der Waals surface area contributed by atoms with E-state index >= 15 is 0 Å². The molecular weight excluding hydrogens is 364 g/mol. The van der Waals surface area contributed by atoms with Gasteiger partial charge in [0.2, 0.25) is 0 Å². The zero-order valence-electron chi connectivity index (χ0n) is 15.9. The number of hydrogen-bond donors (Lipinski definition) is 2. The monoisotopic (exact) mass is 386 g/mol. The number of β-amino-alcohol motifs (C(OH)–C–C–N with tert-alkyl or cyclic N) is 1. The Hall–Kier alpha value is -3.31. The lowest BCUT2D eigenvalue weighted by Gasteiger charge is -2.37. The lowest BCUT2D eigenvalue weighted by Crippen LogP contribution is -2.50. The fourth-order valence-electron chi connectivity index (χ4n) is 4.17. The van der Waals surface area contributed by atoms with Crippen LogP contribution in [0.15, 0.2) is 72.8 Å². The van der Waals surface area contributed by atoms with Crippen molar-refractivity contribution >= 4 is 17.5 Å². The number of fused-ring (bicyclic) bond motifs is 3. The summed E-state index contributed by atoms with van der Waals surface area (Å²) in [5.74, 6) is 0.0494. The van der Waals surface area contributed by atoms with Crippen molar-refractivity contribution in [3.63, 3.8) is 0 Å². The minimum absolute atomic E-state index is 0.0494. The molecule has 1 fully saturated rings. The molecule has 1 amide bonds. The van der Waals surface area contributed by atoms with Crippen LogP contribution in [0.2, 0.25) is 0 Å². The van der Waals surface area contributed by atoms with Gasteiger partial charge >= 0.3 is 6.09 Å². The van der Waals surface area contributed by atoms with Gasteiger partial charge in [0.1, 0.15) is 6.61 Å². The van der Waals surface area contributed by atoms with Crippen molar-refractivity contribution in [2.24, 2.45) is 0 Å². The second-order valence-electron chi connectivity index (χ2n) is 7.56. The van der Waals surface area contributed by atoms with Crippen molar-refractivity contribution in [1.29, 1.82) is 0 Å². The van der Waals surface area contributed by atoms with Gasteiger partial charge in [-0.25, -0.2) is 4.79 Å². The number of hydrogen-bond acceptors (Lipinski definition) is 4. The Morgan fingerprint density at radius 1 is 0.931 bits per heavy atom. The highest BCUT2D eigenvalue weighted by Gasteiger charge is 2.29. The molecule has 0 radical (unpaired) electrons. The van der Waals surface area contributed by atoms with Crippen molar-refractivity contribution in [3.05, 3.63) is 83.9 Å². The summed E-state index contributed by atoms with van der Waals surface area (Å²) >= 11 is 0. The zero-order valence-corrected chi connectivity index (χ0v) is 15.9. The van der Waals surface area contributed by atoms with Crippen LogP contribution < -0.4 is 10.2 Å². The first-order chi connectivity index (χ1) is 14.2. The van der Waals surface area contributed by atoms with E-state index < -0.39 is 6.09 Å². The minimum Gasteiger partial charge on any atom is -0.448 e. The Morgan fingerprint density at radius 2 is 1.52 bits per heavy atom. The van der Waals surface area contributed by atoms with Crippen LogP contribution in [-0.2, 0) is 4.74 Å². The lowest BCUT2D eigenvalue weighted by molar-refractivity contribution is 0.142. The Labute approximate surface area is 169 Å². The normalized spacial score (nSPS) is 15.4. The van der Waals surface area contributed by atoms with Crippen LogP contribution in [0.4, 0.5) is 16.2 Å². The second-order valence-corrected chi connectivity index (χ2v) is 7.56. The fourth-order valence-corrected chi connectivity index (χ4v) is 4.17. The van der Waals surface area contributed by atoms with Gasteiger partial charge in [0.15, 0.2) is 0 Å². The number of aliphatic hydroxyl groups excluding tert-OH is 1. The molecule has 146 valence electrons. The number of nitrogens with zero attached hydrogens (tertiary/aromatic N) is 1. The van der Waals surface area contributed by atoms with Crippen molar-refractivity contribution in [2.75, 3.05) is 29.9 Å². The summed E-state index contributed by atoms with van der Waals surface area (Å²) in [5, 5.41) is 12.2. The number of rotatable bonds is 4. The van der Waals surface area contributed by atoms with Crippen molar-refractivity contribution in [1.82, 2.24) is 0 Å². The van der Waals surface area contributed by atoms with Gasteiger partial charge in [0.05, 0.1) is 6.10 Å². The molecule has 2 aliphatic rings. The first-order valence-electron chi connectivity index (χ1n) is 9.84. The highest BCUT2D eigenvalue weighted by molar-refractivity contribution is 5.85. The van der Waals surface area contributed by atoms with Gasteiger partial charge in [-0.15, -0.1) is 0 Å². The summed E-state index contributed by atoms with van der Waals surface area (Å²) in [6.45, 7) is 1.60. The Kier molecular flexibility index (Phi) is 4.45. The second kappa shape index (κ2) is 7.26.